The van der Waals surface area contributed by atoms with Gasteiger partial charge < -0.3 is 10.4 Å². The zero-order valence-electron chi connectivity index (χ0n) is 8.42. The van der Waals surface area contributed by atoms with Crippen LogP contribution in [0.25, 0.3) is 11.6 Å². The molecule has 0 radical (unpaired) electrons. The molecule has 0 saturated carbocycles. The minimum Gasteiger partial charge on any atom is -0.369 e. The highest BCUT2D eigenvalue weighted by Crippen LogP contribution is 2.34. The van der Waals surface area contributed by atoms with Crippen LogP contribution in [-0.2, 0) is 0 Å². The van der Waals surface area contributed by atoms with Gasteiger partial charge in [-0.2, -0.15) is 4.37 Å². The van der Waals surface area contributed by atoms with E-state index in [0.29, 0.717) is 0 Å². The maximum Gasteiger partial charge on any atom is 0.151 e. The van der Waals surface area contributed by atoms with Crippen molar-refractivity contribution in [1.29, 1.82) is 0 Å². The maximum absolute atomic E-state index is 9.91. The van der Waals surface area contributed by atoms with E-state index in [1.807, 2.05) is 41.8 Å². The Morgan fingerprint density at radius 3 is 3.00 bits per heavy atom. The molecule has 3 nitrogen and oxygen atoms in total. The Balaban J connectivity index is 2.08. The Hall–Kier alpha value is -1.65. The van der Waals surface area contributed by atoms with Crippen LogP contribution in [0.3, 0.4) is 0 Å². The Morgan fingerprint density at radius 1 is 1.31 bits per heavy atom. The van der Waals surface area contributed by atoms with Gasteiger partial charge in [0.1, 0.15) is 0 Å². The van der Waals surface area contributed by atoms with E-state index < -0.39 is 6.23 Å². The van der Waals surface area contributed by atoms with Crippen molar-refractivity contribution in [2.75, 3.05) is 5.32 Å². The highest BCUT2D eigenvalue weighted by molar-refractivity contribution is 7.03. The zero-order valence-corrected chi connectivity index (χ0v) is 9.24. The standard InChI is InChI=1S/C12H10N2OS/c15-12-10(7-8-5-6-16-14-8)9-3-1-2-4-11(9)13-12/h1-7,12-13,15H/b10-7-. The lowest BCUT2D eigenvalue weighted by atomic mass is 10.1. The van der Waals surface area contributed by atoms with E-state index >= 15 is 0 Å². The molecule has 4 heteroatoms. The van der Waals surface area contributed by atoms with Gasteiger partial charge in [0.2, 0.25) is 0 Å². The zero-order chi connectivity index (χ0) is 11.0. The number of fused-ring (bicyclic) bond motifs is 1. The molecule has 1 aromatic carbocycles. The Kier molecular flexibility index (Phi) is 2.23. The summed E-state index contributed by atoms with van der Waals surface area (Å²) in [5, 5.41) is 14.9. The van der Waals surface area contributed by atoms with Crippen LogP contribution < -0.4 is 5.32 Å². The molecule has 1 aliphatic rings. The van der Waals surface area contributed by atoms with Crippen LogP contribution in [0.1, 0.15) is 11.3 Å². The largest absolute Gasteiger partial charge is 0.369 e. The molecule has 2 heterocycles. The number of para-hydroxylation sites is 1. The molecule has 2 N–H and O–H groups in total. The van der Waals surface area contributed by atoms with Gasteiger partial charge >= 0.3 is 0 Å². The van der Waals surface area contributed by atoms with E-state index in [4.69, 9.17) is 0 Å². The number of aromatic nitrogens is 1. The van der Waals surface area contributed by atoms with Crippen molar-refractivity contribution in [3.63, 3.8) is 0 Å². The van der Waals surface area contributed by atoms with E-state index in [1.54, 1.807) is 0 Å². The minimum absolute atomic E-state index is 0.640. The number of anilines is 1. The van der Waals surface area contributed by atoms with Crippen molar-refractivity contribution in [3.05, 3.63) is 47.0 Å². The Morgan fingerprint density at radius 2 is 2.19 bits per heavy atom. The number of nitrogens with zero attached hydrogens (tertiary/aromatic N) is 1. The van der Waals surface area contributed by atoms with E-state index in [1.165, 1.54) is 11.5 Å². The van der Waals surface area contributed by atoms with Gasteiger partial charge in [-0.25, -0.2) is 0 Å². The van der Waals surface area contributed by atoms with Crippen molar-refractivity contribution in [2.45, 2.75) is 6.23 Å². The van der Waals surface area contributed by atoms with Gasteiger partial charge in [0.25, 0.3) is 0 Å². The summed E-state index contributed by atoms with van der Waals surface area (Å²) in [5.74, 6) is 0. The molecule has 1 atom stereocenters. The van der Waals surface area contributed by atoms with Crippen LogP contribution >= 0.6 is 11.5 Å². The molecule has 0 amide bonds. The maximum atomic E-state index is 9.91. The molecule has 80 valence electrons. The Bertz CT molecular complexity index is 534. The van der Waals surface area contributed by atoms with Crippen LogP contribution in [0.5, 0.6) is 0 Å². The van der Waals surface area contributed by atoms with E-state index in [0.717, 1.165) is 22.5 Å². The molecule has 1 unspecified atom stereocenters. The number of aliphatic hydroxyl groups is 1. The van der Waals surface area contributed by atoms with Gasteiger partial charge in [-0.3, -0.25) is 0 Å². The van der Waals surface area contributed by atoms with Crippen LogP contribution in [0.2, 0.25) is 0 Å². The lowest BCUT2D eigenvalue weighted by Gasteiger charge is -2.03. The summed E-state index contributed by atoms with van der Waals surface area (Å²) in [6.45, 7) is 0. The smallest absolute Gasteiger partial charge is 0.151 e. The lowest BCUT2D eigenvalue weighted by molar-refractivity contribution is 0.266. The van der Waals surface area contributed by atoms with Gasteiger partial charge in [0.05, 0.1) is 5.69 Å². The molecule has 16 heavy (non-hydrogen) atoms. The third-order valence-corrected chi connectivity index (χ3v) is 3.16. The number of hydrogen-bond donors (Lipinski definition) is 2. The number of rotatable bonds is 1. The first-order valence-electron chi connectivity index (χ1n) is 5.00. The van der Waals surface area contributed by atoms with E-state index in [-0.39, 0.29) is 0 Å². The quantitative estimate of drug-likeness (QED) is 0.791. The number of aliphatic hydroxyl groups excluding tert-OH is 1. The fourth-order valence-electron chi connectivity index (χ4n) is 1.85. The van der Waals surface area contributed by atoms with Crippen LogP contribution in [-0.4, -0.2) is 15.7 Å². The van der Waals surface area contributed by atoms with Crippen LogP contribution in [0, 0.1) is 0 Å². The summed E-state index contributed by atoms with van der Waals surface area (Å²) >= 11 is 1.41. The summed E-state index contributed by atoms with van der Waals surface area (Å²) in [7, 11) is 0. The normalized spacial score (nSPS) is 20.8. The van der Waals surface area contributed by atoms with Gasteiger partial charge in [0, 0.05) is 22.2 Å². The summed E-state index contributed by atoms with van der Waals surface area (Å²) in [5.41, 5.74) is 3.78. The molecule has 1 aromatic heterocycles. The van der Waals surface area contributed by atoms with Crippen molar-refractivity contribution in [2.24, 2.45) is 0 Å². The number of hydrogen-bond acceptors (Lipinski definition) is 4. The topological polar surface area (TPSA) is 45.1 Å². The minimum atomic E-state index is -0.640. The van der Waals surface area contributed by atoms with E-state index in [9.17, 15) is 5.11 Å². The van der Waals surface area contributed by atoms with Crippen LogP contribution in [0.15, 0.2) is 35.7 Å². The second-order valence-electron chi connectivity index (χ2n) is 3.62. The number of benzene rings is 1. The van der Waals surface area contributed by atoms with Crippen molar-refractivity contribution in [3.8, 4) is 0 Å². The summed E-state index contributed by atoms with van der Waals surface area (Å²) < 4.78 is 4.21. The fraction of sp³-hybridized carbons (Fsp3) is 0.0833. The molecule has 3 rings (SSSR count). The molecule has 2 aromatic rings. The van der Waals surface area contributed by atoms with Gasteiger partial charge in [-0.05, 0) is 29.7 Å². The summed E-state index contributed by atoms with van der Waals surface area (Å²) in [4.78, 5) is 0. The molecular formula is C12H10N2OS. The first kappa shape index (κ1) is 9.57. The average Bonchev–Trinajstić information content (AvgIpc) is 2.89. The van der Waals surface area contributed by atoms with Gasteiger partial charge in [0.15, 0.2) is 6.23 Å². The summed E-state index contributed by atoms with van der Waals surface area (Å²) in [6.07, 6.45) is 1.28. The molecule has 0 spiro atoms. The predicted molar refractivity (Wildman–Crippen MR) is 66.1 cm³/mol. The third kappa shape index (κ3) is 1.52. The van der Waals surface area contributed by atoms with Crippen molar-refractivity contribution in [1.82, 2.24) is 4.37 Å². The lowest BCUT2D eigenvalue weighted by Crippen LogP contribution is -2.12. The van der Waals surface area contributed by atoms with E-state index in [2.05, 4.69) is 9.69 Å². The number of nitrogens with one attached hydrogen (secondary N) is 1. The van der Waals surface area contributed by atoms with Gasteiger partial charge in [-0.1, -0.05) is 18.2 Å². The second kappa shape index (κ2) is 3.73. The molecule has 0 saturated heterocycles. The van der Waals surface area contributed by atoms with Crippen molar-refractivity contribution >= 4 is 28.9 Å². The van der Waals surface area contributed by atoms with Crippen molar-refractivity contribution < 1.29 is 5.11 Å². The first-order chi connectivity index (χ1) is 7.84. The fourth-order valence-corrected chi connectivity index (χ4v) is 2.34. The Labute approximate surface area is 97.2 Å². The highest BCUT2D eigenvalue weighted by atomic mass is 32.1. The molecular weight excluding hydrogens is 220 g/mol. The second-order valence-corrected chi connectivity index (χ2v) is 4.28. The van der Waals surface area contributed by atoms with Gasteiger partial charge in [-0.15, -0.1) is 0 Å². The molecule has 0 fully saturated rings. The molecule has 0 aliphatic carbocycles. The molecule has 0 bridgehead atoms. The van der Waals surface area contributed by atoms with Crippen LogP contribution in [0.4, 0.5) is 5.69 Å². The first-order valence-corrected chi connectivity index (χ1v) is 5.84. The highest BCUT2D eigenvalue weighted by Gasteiger charge is 2.23. The average molecular weight is 230 g/mol. The predicted octanol–water partition coefficient (Wildman–Crippen LogP) is 2.43. The monoisotopic (exact) mass is 230 g/mol. The SMILES string of the molecule is OC1Nc2ccccc2/C1=C/c1ccsn1. The third-order valence-electron chi connectivity index (χ3n) is 2.59. The summed E-state index contributed by atoms with van der Waals surface area (Å²) in [6, 6.07) is 9.81. The molecule has 1 aliphatic heterocycles.